The minimum Gasteiger partial charge on any atom is -0.497 e. The number of carbonyl (C=O) groups is 2. The second kappa shape index (κ2) is 13.4. The summed E-state index contributed by atoms with van der Waals surface area (Å²) in [7, 11) is -2.48. The number of methoxy groups -OCH3 is 1. The first-order valence-electron chi connectivity index (χ1n) is 13.0. The van der Waals surface area contributed by atoms with Gasteiger partial charge in [-0.15, -0.1) is 0 Å². The Balaban J connectivity index is 1.95. The molecule has 1 saturated carbocycles. The third-order valence-corrected chi connectivity index (χ3v) is 7.97. The van der Waals surface area contributed by atoms with Gasteiger partial charge in [0.2, 0.25) is 21.8 Å². The van der Waals surface area contributed by atoms with Gasteiger partial charge in [0, 0.05) is 24.7 Å². The van der Waals surface area contributed by atoms with Crippen molar-refractivity contribution in [3.05, 3.63) is 64.2 Å². The monoisotopic (exact) mass is 560 g/mol. The highest BCUT2D eigenvalue weighted by Gasteiger charge is 2.33. The predicted octanol–water partition coefficient (Wildman–Crippen LogP) is 3.63. The summed E-state index contributed by atoms with van der Waals surface area (Å²) in [6.45, 7) is 1.21. The van der Waals surface area contributed by atoms with E-state index in [2.05, 4.69) is 5.32 Å². The maximum absolute atomic E-state index is 13.8. The largest absolute Gasteiger partial charge is 0.497 e. The molecule has 1 N–H and O–H groups in total. The highest BCUT2D eigenvalue weighted by Crippen LogP contribution is 2.25. The molecule has 39 heavy (non-hydrogen) atoms. The topological polar surface area (TPSA) is 139 Å². The number of hydrogen-bond donors (Lipinski definition) is 1. The van der Waals surface area contributed by atoms with Gasteiger partial charge in [-0.1, -0.05) is 44.4 Å². The van der Waals surface area contributed by atoms with Crippen LogP contribution in [0.4, 0.5) is 11.4 Å². The quantitative estimate of drug-likeness (QED) is 0.309. The Hall–Kier alpha value is -3.67. The molecule has 212 valence electrons. The molecule has 1 aliphatic carbocycles. The van der Waals surface area contributed by atoms with Crippen molar-refractivity contribution in [2.75, 3.05) is 24.2 Å². The van der Waals surface area contributed by atoms with E-state index >= 15 is 0 Å². The number of ether oxygens (including phenoxy) is 1. The first-order valence-corrected chi connectivity index (χ1v) is 14.8. The Morgan fingerprint density at radius 1 is 1.13 bits per heavy atom. The van der Waals surface area contributed by atoms with Crippen LogP contribution in [-0.2, 0) is 26.2 Å². The molecule has 1 atom stereocenters. The molecule has 12 heteroatoms. The number of nitro benzene ring substituents is 1. The fraction of sp³-hybridized carbons (Fsp3) is 0.481. The zero-order valence-electron chi connectivity index (χ0n) is 22.5. The van der Waals surface area contributed by atoms with Gasteiger partial charge in [-0.3, -0.25) is 24.0 Å². The lowest BCUT2D eigenvalue weighted by molar-refractivity contribution is -0.384. The Morgan fingerprint density at radius 3 is 2.44 bits per heavy atom. The molecule has 0 heterocycles. The first kappa shape index (κ1) is 29.9. The lowest BCUT2D eigenvalue weighted by atomic mass is 9.95. The highest BCUT2D eigenvalue weighted by atomic mass is 32.2. The molecule has 0 spiro atoms. The van der Waals surface area contributed by atoms with Crippen molar-refractivity contribution in [1.29, 1.82) is 0 Å². The molecule has 0 bridgehead atoms. The average Bonchev–Trinajstić information content (AvgIpc) is 2.91. The second-order valence-electron chi connectivity index (χ2n) is 9.69. The van der Waals surface area contributed by atoms with Crippen LogP contribution in [0, 0.1) is 10.1 Å². The standard InChI is InChI=1S/C27H36N4O7S/c1-4-25(27(33)28-21-11-6-5-7-12-21)29(18-20-10-8-15-24(16-20)38-2)26(32)19-30(39(3,36)37)22-13-9-14-23(17-22)31(34)35/h8-10,13-17,21,25H,4-7,11-12,18-19H2,1-3H3,(H,28,33). The zero-order chi connectivity index (χ0) is 28.6. The maximum atomic E-state index is 13.8. The van der Waals surface area contributed by atoms with Gasteiger partial charge in [-0.25, -0.2) is 8.42 Å². The third kappa shape index (κ3) is 8.16. The van der Waals surface area contributed by atoms with Crippen LogP contribution < -0.4 is 14.4 Å². The molecule has 2 amide bonds. The van der Waals surface area contributed by atoms with E-state index in [9.17, 15) is 28.1 Å². The molecule has 1 unspecified atom stereocenters. The molecule has 3 rings (SSSR count). The molecule has 0 saturated heterocycles. The van der Waals surface area contributed by atoms with Crippen LogP contribution in [0.25, 0.3) is 0 Å². The number of anilines is 1. The normalized spacial score (nSPS) is 14.7. The van der Waals surface area contributed by atoms with Gasteiger partial charge in [0.05, 0.1) is 24.0 Å². The van der Waals surface area contributed by atoms with Crippen LogP contribution in [0.1, 0.15) is 51.0 Å². The van der Waals surface area contributed by atoms with E-state index in [1.165, 1.54) is 30.2 Å². The highest BCUT2D eigenvalue weighted by molar-refractivity contribution is 7.92. The number of benzene rings is 2. The Kier molecular flexibility index (Phi) is 10.3. The minimum absolute atomic E-state index is 0.0129. The van der Waals surface area contributed by atoms with E-state index in [1.54, 1.807) is 31.2 Å². The van der Waals surface area contributed by atoms with Crippen molar-refractivity contribution < 1.29 is 27.7 Å². The zero-order valence-corrected chi connectivity index (χ0v) is 23.4. The van der Waals surface area contributed by atoms with Crippen molar-refractivity contribution in [1.82, 2.24) is 10.2 Å². The molecule has 11 nitrogen and oxygen atoms in total. The number of sulfonamides is 1. The van der Waals surface area contributed by atoms with Crippen molar-refractivity contribution in [2.24, 2.45) is 0 Å². The van der Waals surface area contributed by atoms with Crippen LogP contribution in [-0.4, -0.2) is 62.0 Å². The maximum Gasteiger partial charge on any atom is 0.271 e. The minimum atomic E-state index is -4.01. The number of amides is 2. The summed E-state index contributed by atoms with van der Waals surface area (Å²) in [5.41, 5.74) is 0.383. The van der Waals surface area contributed by atoms with Gasteiger partial charge in [0.1, 0.15) is 18.3 Å². The number of nitrogens with one attached hydrogen (secondary N) is 1. The fourth-order valence-corrected chi connectivity index (χ4v) is 5.65. The number of carbonyl (C=O) groups excluding carboxylic acids is 2. The Morgan fingerprint density at radius 2 is 1.82 bits per heavy atom. The molecule has 2 aromatic carbocycles. The molecule has 0 radical (unpaired) electrons. The lowest BCUT2D eigenvalue weighted by Crippen LogP contribution is -2.53. The summed E-state index contributed by atoms with van der Waals surface area (Å²) in [4.78, 5) is 39.3. The summed E-state index contributed by atoms with van der Waals surface area (Å²) >= 11 is 0. The van der Waals surface area contributed by atoms with E-state index in [4.69, 9.17) is 4.74 Å². The summed E-state index contributed by atoms with van der Waals surface area (Å²) in [5, 5.41) is 14.4. The van der Waals surface area contributed by atoms with E-state index < -0.39 is 33.4 Å². The number of rotatable bonds is 12. The van der Waals surface area contributed by atoms with Crippen LogP contribution in [0.5, 0.6) is 5.75 Å². The van der Waals surface area contributed by atoms with Crippen molar-refractivity contribution in [3.8, 4) is 5.75 Å². The van der Waals surface area contributed by atoms with Gasteiger partial charge in [0.25, 0.3) is 5.69 Å². The van der Waals surface area contributed by atoms with Gasteiger partial charge in [-0.2, -0.15) is 0 Å². The van der Waals surface area contributed by atoms with Crippen molar-refractivity contribution in [2.45, 2.75) is 64.1 Å². The van der Waals surface area contributed by atoms with Gasteiger partial charge in [-0.05, 0) is 43.0 Å². The van der Waals surface area contributed by atoms with Crippen molar-refractivity contribution >= 4 is 33.2 Å². The SMILES string of the molecule is CCC(C(=O)NC1CCCCC1)N(Cc1cccc(OC)c1)C(=O)CN(c1cccc([N+](=O)[O-])c1)S(C)(=O)=O. The Labute approximate surface area is 229 Å². The molecule has 0 aliphatic heterocycles. The average molecular weight is 561 g/mol. The molecular weight excluding hydrogens is 524 g/mol. The molecule has 1 aliphatic rings. The van der Waals surface area contributed by atoms with Gasteiger partial charge in [0.15, 0.2) is 0 Å². The van der Waals surface area contributed by atoms with Crippen molar-refractivity contribution in [3.63, 3.8) is 0 Å². The molecule has 0 aromatic heterocycles. The first-order chi connectivity index (χ1) is 18.5. The van der Waals surface area contributed by atoms with Crippen LogP contribution in [0.3, 0.4) is 0 Å². The number of nitrogens with zero attached hydrogens (tertiary/aromatic N) is 3. The molecular formula is C27H36N4O7S. The van der Waals surface area contributed by atoms with Crippen LogP contribution in [0.15, 0.2) is 48.5 Å². The van der Waals surface area contributed by atoms with Gasteiger partial charge < -0.3 is 15.0 Å². The van der Waals surface area contributed by atoms with Crippen LogP contribution >= 0.6 is 0 Å². The number of hydrogen-bond acceptors (Lipinski definition) is 7. The second-order valence-corrected chi connectivity index (χ2v) is 11.6. The summed E-state index contributed by atoms with van der Waals surface area (Å²) < 4.78 is 31.6. The third-order valence-electron chi connectivity index (χ3n) is 6.83. The van der Waals surface area contributed by atoms with E-state index in [0.29, 0.717) is 17.7 Å². The number of nitro groups is 1. The summed E-state index contributed by atoms with van der Waals surface area (Å²) in [5.74, 6) is -0.323. The molecule has 2 aromatic rings. The Bertz CT molecular complexity index is 1280. The fourth-order valence-electron chi connectivity index (χ4n) is 4.81. The van der Waals surface area contributed by atoms with Crippen LogP contribution in [0.2, 0.25) is 0 Å². The predicted molar refractivity (Wildman–Crippen MR) is 148 cm³/mol. The van der Waals surface area contributed by atoms with E-state index in [-0.39, 0.29) is 29.9 Å². The number of non-ortho nitro benzene ring substituents is 1. The smallest absolute Gasteiger partial charge is 0.271 e. The summed E-state index contributed by atoms with van der Waals surface area (Å²) in [6, 6.07) is 11.4. The van der Waals surface area contributed by atoms with E-state index in [0.717, 1.165) is 48.7 Å². The lowest BCUT2D eigenvalue weighted by Gasteiger charge is -2.34. The van der Waals surface area contributed by atoms with Gasteiger partial charge >= 0.3 is 0 Å². The summed E-state index contributed by atoms with van der Waals surface area (Å²) in [6.07, 6.45) is 6.17. The van der Waals surface area contributed by atoms with E-state index in [1.807, 2.05) is 0 Å². The molecule has 1 fully saturated rings.